The van der Waals surface area contributed by atoms with Gasteiger partial charge in [0.15, 0.2) is 0 Å². The number of halogens is 2. The monoisotopic (exact) mass is 353 g/mol. The molecule has 0 radical (unpaired) electrons. The molecule has 0 amide bonds. The number of carbonyl (C=O) groups is 1. The second kappa shape index (κ2) is 6.45. The van der Waals surface area contributed by atoms with E-state index in [0.29, 0.717) is 0 Å². The highest BCUT2D eigenvalue weighted by atomic mass is 79.9. The lowest BCUT2D eigenvalue weighted by Gasteiger charge is -2.07. The van der Waals surface area contributed by atoms with Crippen molar-refractivity contribution in [2.24, 2.45) is 0 Å². The molecule has 2 aromatic carbocycles. The number of ether oxygens (including phenoxy) is 1. The van der Waals surface area contributed by atoms with Crippen LogP contribution in [0.2, 0.25) is 0 Å². The maximum absolute atomic E-state index is 12.9. The Morgan fingerprint density at radius 3 is 2.67 bits per heavy atom. The topological polar surface area (TPSA) is 69.4 Å². The van der Waals surface area contributed by atoms with Gasteiger partial charge in [0.1, 0.15) is 12.4 Å². The minimum atomic E-state index is -0.694. The molecular weight excluding hydrogens is 345 g/mol. The zero-order chi connectivity index (χ0) is 15.4. The molecule has 0 unspecified atom stereocenters. The van der Waals surface area contributed by atoms with Crippen LogP contribution >= 0.6 is 15.9 Å². The normalized spacial score (nSPS) is 10.2. The van der Waals surface area contributed by atoms with Crippen LogP contribution in [0.3, 0.4) is 0 Å². The second-order valence-electron chi connectivity index (χ2n) is 4.09. The lowest BCUT2D eigenvalue weighted by molar-refractivity contribution is -0.385. The summed E-state index contributed by atoms with van der Waals surface area (Å²) in [6.07, 6.45) is 0. The molecule has 0 spiro atoms. The quantitative estimate of drug-likeness (QED) is 0.475. The first-order chi connectivity index (χ1) is 9.99. The van der Waals surface area contributed by atoms with Crippen molar-refractivity contribution < 1.29 is 18.8 Å². The number of nitro benzene ring substituents is 1. The number of hydrogen-bond acceptors (Lipinski definition) is 4. The van der Waals surface area contributed by atoms with Gasteiger partial charge in [0, 0.05) is 10.5 Å². The van der Waals surface area contributed by atoms with E-state index in [4.69, 9.17) is 4.74 Å². The first-order valence-electron chi connectivity index (χ1n) is 5.83. The summed E-state index contributed by atoms with van der Waals surface area (Å²) in [5.41, 5.74) is 0.313. The summed E-state index contributed by atoms with van der Waals surface area (Å²) < 4.78 is 18.2. The van der Waals surface area contributed by atoms with Crippen molar-refractivity contribution in [1.29, 1.82) is 0 Å². The minimum absolute atomic E-state index is 0.122. The van der Waals surface area contributed by atoms with Crippen molar-refractivity contribution >= 4 is 27.6 Å². The highest BCUT2D eigenvalue weighted by molar-refractivity contribution is 9.10. The van der Waals surface area contributed by atoms with Crippen LogP contribution in [-0.2, 0) is 11.3 Å². The Morgan fingerprint density at radius 1 is 1.29 bits per heavy atom. The largest absolute Gasteiger partial charge is 0.457 e. The smallest absolute Gasteiger partial charge is 0.339 e. The number of esters is 1. The third-order valence-electron chi connectivity index (χ3n) is 2.70. The highest BCUT2D eigenvalue weighted by Crippen LogP contribution is 2.22. The van der Waals surface area contributed by atoms with Crippen molar-refractivity contribution in [3.8, 4) is 0 Å². The van der Waals surface area contributed by atoms with Gasteiger partial charge in [-0.2, -0.15) is 0 Å². The standard InChI is InChI=1S/C14H9BrFNO4/c15-12-7-10(16)5-6-11(12)14(18)21-8-9-3-1-2-4-13(9)17(19)20/h1-7H,8H2. The van der Waals surface area contributed by atoms with Crippen molar-refractivity contribution in [1.82, 2.24) is 0 Å². The van der Waals surface area contributed by atoms with Gasteiger partial charge < -0.3 is 4.74 Å². The van der Waals surface area contributed by atoms with Gasteiger partial charge in [-0.25, -0.2) is 9.18 Å². The van der Waals surface area contributed by atoms with E-state index in [0.717, 1.165) is 12.1 Å². The molecule has 108 valence electrons. The molecule has 7 heteroatoms. The van der Waals surface area contributed by atoms with Gasteiger partial charge in [0.25, 0.3) is 5.69 Å². The number of hydrogen-bond donors (Lipinski definition) is 0. The maximum Gasteiger partial charge on any atom is 0.339 e. The van der Waals surface area contributed by atoms with Gasteiger partial charge >= 0.3 is 5.97 Å². The van der Waals surface area contributed by atoms with Crippen LogP contribution in [-0.4, -0.2) is 10.9 Å². The minimum Gasteiger partial charge on any atom is -0.457 e. The van der Waals surface area contributed by atoms with Crippen molar-refractivity contribution in [2.75, 3.05) is 0 Å². The van der Waals surface area contributed by atoms with Gasteiger partial charge in [0.2, 0.25) is 0 Å². The molecule has 0 fully saturated rings. The molecule has 0 heterocycles. The van der Waals surface area contributed by atoms with Crippen LogP contribution in [0.1, 0.15) is 15.9 Å². The lowest BCUT2D eigenvalue weighted by atomic mass is 10.2. The van der Waals surface area contributed by atoms with E-state index in [1.165, 1.54) is 24.3 Å². The molecule has 0 aliphatic heterocycles. The average molecular weight is 354 g/mol. The summed E-state index contributed by atoms with van der Waals surface area (Å²) >= 11 is 3.06. The van der Waals surface area contributed by atoms with E-state index in [-0.39, 0.29) is 27.9 Å². The Kier molecular flexibility index (Phi) is 4.64. The van der Waals surface area contributed by atoms with Gasteiger partial charge in [-0.3, -0.25) is 10.1 Å². The first kappa shape index (κ1) is 15.1. The van der Waals surface area contributed by atoms with Crippen molar-refractivity contribution in [2.45, 2.75) is 6.61 Å². The Bertz CT molecular complexity index is 705. The zero-order valence-electron chi connectivity index (χ0n) is 10.6. The number of carbonyl (C=O) groups excluding carboxylic acids is 1. The Labute approximate surface area is 127 Å². The molecule has 0 bridgehead atoms. The number of nitrogens with zero attached hydrogens (tertiary/aromatic N) is 1. The molecular formula is C14H9BrFNO4. The zero-order valence-corrected chi connectivity index (χ0v) is 12.2. The molecule has 0 aliphatic carbocycles. The summed E-state index contributed by atoms with van der Waals surface area (Å²) in [6.45, 7) is -0.236. The molecule has 0 saturated heterocycles. The summed E-state index contributed by atoms with van der Waals surface area (Å²) in [5, 5.41) is 10.8. The lowest BCUT2D eigenvalue weighted by Crippen LogP contribution is -2.07. The van der Waals surface area contributed by atoms with E-state index in [1.807, 2.05) is 0 Å². The summed E-state index contributed by atoms with van der Waals surface area (Å²) in [4.78, 5) is 22.2. The van der Waals surface area contributed by atoms with Crippen LogP contribution in [0, 0.1) is 15.9 Å². The predicted molar refractivity (Wildman–Crippen MR) is 76.3 cm³/mol. The Balaban J connectivity index is 2.13. The van der Waals surface area contributed by atoms with E-state index < -0.39 is 16.7 Å². The van der Waals surface area contributed by atoms with E-state index in [9.17, 15) is 19.3 Å². The molecule has 0 aliphatic rings. The number of nitro groups is 1. The molecule has 0 atom stereocenters. The molecule has 21 heavy (non-hydrogen) atoms. The summed E-state index contributed by atoms with van der Waals surface area (Å²) in [6, 6.07) is 9.53. The van der Waals surface area contributed by atoms with E-state index in [2.05, 4.69) is 15.9 Å². The highest BCUT2D eigenvalue weighted by Gasteiger charge is 2.16. The molecule has 0 aromatic heterocycles. The van der Waals surface area contributed by atoms with Gasteiger partial charge in [-0.1, -0.05) is 12.1 Å². The second-order valence-corrected chi connectivity index (χ2v) is 4.94. The predicted octanol–water partition coefficient (Wildman–Crippen LogP) is 3.85. The summed E-state index contributed by atoms with van der Waals surface area (Å²) in [5.74, 6) is -1.18. The SMILES string of the molecule is O=C(OCc1ccccc1[N+](=O)[O-])c1ccc(F)cc1Br. The molecule has 2 aromatic rings. The van der Waals surface area contributed by atoms with Crippen molar-refractivity contribution in [3.05, 3.63) is 74.0 Å². The Morgan fingerprint density at radius 2 is 2.00 bits per heavy atom. The van der Waals surface area contributed by atoms with Crippen LogP contribution in [0.4, 0.5) is 10.1 Å². The molecule has 2 rings (SSSR count). The molecule has 0 N–H and O–H groups in total. The number of para-hydroxylation sites is 1. The average Bonchev–Trinajstić information content (AvgIpc) is 2.45. The third kappa shape index (κ3) is 3.63. The van der Waals surface area contributed by atoms with Crippen LogP contribution in [0.5, 0.6) is 0 Å². The number of rotatable bonds is 4. The Hall–Kier alpha value is -2.28. The van der Waals surface area contributed by atoms with Crippen LogP contribution < -0.4 is 0 Å². The molecule has 0 saturated carbocycles. The van der Waals surface area contributed by atoms with E-state index in [1.54, 1.807) is 6.07 Å². The van der Waals surface area contributed by atoms with E-state index >= 15 is 0 Å². The van der Waals surface area contributed by atoms with Crippen LogP contribution in [0.15, 0.2) is 46.9 Å². The molecule has 5 nitrogen and oxygen atoms in total. The van der Waals surface area contributed by atoms with Gasteiger partial charge in [-0.15, -0.1) is 0 Å². The van der Waals surface area contributed by atoms with Crippen molar-refractivity contribution in [3.63, 3.8) is 0 Å². The van der Waals surface area contributed by atoms with Gasteiger partial charge in [-0.05, 0) is 40.2 Å². The first-order valence-corrected chi connectivity index (χ1v) is 6.63. The number of benzene rings is 2. The van der Waals surface area contributed by atoms with Crippen LogP contribution in [0.25, 0.3) is 0 Å². The summed E-state index contributed by atoms with van der Waals surface area (Å²) in [7, 11) is 0. The fourth-order valence-corrected chi connectivity index (χ4v) is 2.20. The fraction of sp³-hybridized carbons (Fsp3) is 0.0714. The third-order valence-corrected chi connectivity index (χ3v) is 3.35. The van der Waals surface area contributed by atoms with Gasteiger partial charge in [0.05, 0.1) is 16.1 Å². The maximum atomic E-state index is 12.9. The fourth-order valence-electron chi connectivity index (χ4n) is 1.69.